The van der Waals surface area contributed by atoms with Gasteiger partial charge in [-0.3, -0.25) is 14.9 Å². The van der Waals surface area contributed by atoms with Crippen molar-refractivity contribution in [1.82, 2.24) is 5.32 Å². The minimum atomic E-state index is -0.939. The number of halogens is 1. The number of nitrogens with zero attached hydrogens (tertiary/aromatic N) is 1. The molecule has 0 saturated heterocycles. The fourth-order valence-corrected chi connectivity index (χ4v) is 2.23. The van der Waals surface area contributed by atoms with Crippen molar-refractivity contribution in [3.05, 3.63) is 74.8 Å². The van der Waals surface area contributed by atoms with Crippen molar-refractivity contribution in [3.63, 3.8) is 0 Å². The highest BCUT2D eigenvalue weighted by Crippen LogP contribution is 2.18. The maximum Gasteiger partial charge on any atom is 0.269 e. The van der Waals surface area contributed by atoms with Crippen molar-refractivity contribution in [1.29, 1.82) is 0 Å². The molecule has 7 heteroatoms. The van der Waals surface area contributed by atoms with Crippen LogP contribution in [-0.4, -0.2) is 22.5 Å². The summed E-state index contributed by atoms with van der Waals surface area (Å²) in [6, 6.07) is 12.6. The molecule has 0 aliphatic carbocycles. The molecule has 0 fully saturated rings. The largest absolute Gasteiger partial charge is 0.387 e. The zero-order valence-corrected chi connectivity index (χ0v) is 12.9. The van der Waals surface area contributed by atoms with Crippen LogP contribution in [0.4, 0.5) is 5.69 Å². The molecule has 0 radical (unpaired) electrons. The van der Waals surface area contributed by atoms with Crippen molar-refractivity contribution in [2.24, 2.45) is 0 Å². The average Bonchev–Trinajstić information content (AvgIpc) is 2.55. The van der Waals surface area contributed by atoms with E-state index in [0.717, 1.165) is 0 Å². The highest BCUT2D eigenvalue weighted by Gasteiger charge is 2.12. The topological polar surface area (TPSA) is 92.5 Å². The molecule has 120 valence electrons. The molecule has 1 unspecified atom stereocenters. The fourth-order valence-electron chi connectivity index (χ4n) is 2.02. The first-order chi connectivity index (χ1) is 11.0. The summed E-state index contributed by atoms with van der Waals surface area (Å²) in [7, 11) is 0. The Morgan fingerprint density at radius 3 is 2.48 bits per heavy atom. The maximum absolute atomic E-state index is 11.9. The third-order valence-corrected chi connectivity index (χ3v) is 3.66. The first-order valence-electron chi connectivity index (χ1n) is 6.90. The Morgan fingerprint density at radius 2 is 1.87 bits per heavy atom. The Bertz CT molecular complexity index is 703. The van der Waals surface area contributed by atoms with Crippen LogP contribution in [-0.2, 0) is 11.2 Å². The Balaban J connectivity index is 1.88. The number of nitro groups is 1. The van der Waals surface area contributed by atoms with Crippen LogP contribution in [0.1, 0.15) is 17.2 Å². The van der Waals surface area contributed by atoms with Gasteiger partial charge in [0.15, 0.2) is 0 Å². The van der Waals surface area contributed by atoms with Crippen LogP contribution in [0.5, 0.6) is 0 Å². The molecule has 6 nitrogen and oxygen atoms in total. The van der Waals surface area contributed by atoms with Gasteiger partial charge in [-0.05, 0) is 29.3 Å². The minimum absolute atomic E-state index is 0.0150. The number of hydrogen-bond acceptors (Lipinski definition) is 4. The van der Waals surface area contributed by atoms with Gasteiger partial charge in [0.25, 0.3) is 5.69 Å². The molecule has 2 aromatic carbocycles. The van der Waals surface area contributed by atoms with Gasteiger partial charge in [0, 0.05) is 23.7 Å². The number of aliphatic hydroxyl groups is 1. The Morgan fingerprint density at radius 1 is 1.22 bits per heavy atom. The van der Waals surface area contributed by atoms with Gasteiger partial charge in [0.2, 0.25) is 5.91 Å². The second kappa shape index (κ2) is 7.71. The van der Waals surface area contributed by atoms with E-state index >= 15 is 0 Å². The molecular weight excluding hydrogens is 320 g/mol. The van der Waals surface area contributed by atoms with Crippen molar-refractivity contribution in [2.75, 3.05) is 6.54 Å². The fraction of sp³-hybridized carbons (Fsp3) is 0.188. The number of aliphatic hydroxyl groups excluding tert-OH is 1. The van der Waals surface area contributed by atoms with E-state index in [-0.39, 0.29) is 24.6 Å². The van der Waals surface area contributed by atoms with E-state index in [4.69, 9.17) is 11.6 Å². The molecular formula is C16H15ClN2O4. The quantitative estimate of drug-likeness (QED) is 0.627. The molecule has 1 atom stereocenters. The van der Waals surface area contributed by atoms with E-state index in [1.54, 1.807) is 24.3 Å². The summed E-state index contributed by atoms with van der Waals surface area (Å²) >= 11 is 5.98. The second-order valence-electron chi connectivity index (χ2n) is 4.94. The molecule has 23 heavy (non-hydrogen) atoms. The van der Waals surface area contributed by atoms with E-state index in [1.165, 1.54) is 24.3 Å². The molecule has 2 rings (SSSR count). The Labute approximate surface area is 137 Å². The van der Waals surface area contributed by atoms with Gasteiger partial charge in [-0.1, -0.05) is 29.8 Å². The van der Waals surface area contributed by atoms with Gasteiger partial charge < -0.3 is 10.4 Å². The summed E-state index contributed by atoms with van der Waals surface area (Å²) in [5, 5.41) is 23.7. The predicted molar refractivity (Wildman–Crippen MR) is 86.2 cm³/mol. The highest BCUT2D eigenvalue weighted by molar-refractivity contribution is 6.31. The van der Waals surface area contributed by atoms with Crippen LogP contribution in [0.25, 0.3) is 0 Å². The number of carbonyl (C=O) groups is 1. The number of hydrogen-bond donors (Lipinski definition) is 2. The molecule has 0 spiro atoms. The Hall–Kier alpha value is -2.44. The highest BCUT2D eigenvalue weighted by atomic mass is 35.5. The lowest BCUT2D eigenvalue weighted by molar-refractivity contribution is -0.384. The summed E-state index contributed by atoms with van der Waals surface area (Å²) in [6.45, 7) is 0.0150. The van der Waals surface area contributed by atoms with Gasteiger partial charge in [0.1, 0.15) is 0 Å². The zero-order chi connectivity index (χ0) is 16.8. The van der Waals surface area contributed by atoms with Crippen molar-refractivity contribution in [2.45, 2.75) is 12.5 Å². The molecule has 2 aromatic rings. The van der Waals surface area contributed by atoms with Gasteiger partial charge in [-0.15, -0.1) is 0 Å². The van der Waals surface area contributed by atoms with E-state index < -0.39 is 11.0 Å². The van der Waals surface area contributed by atoms with E-state index in [1.807, 2.05) is 0 Å². The number of non-ortho nitro benzene ring substituents is 1. The number of carbonyl (C=O) groups excluding carboxylic acids is 1. The van der Waals surface area contributed by atoms with Gasteiger partial charge in [0.05, 0.1) is 17.4 Å². The minimum Gasteiger partial charge on any atom is -0.387 e. The molecule has 0 heterocycles. The monoisotopic (exact) mass is 334 g/mol. The summed E-state index contributed by atoms with van der Waals surface area (Å²) < 4.78 is 0. The average molecular weight is 335 g/mol. The summed E-state index contributed by atoms with van der Waals surface area (Å²) in [5.74, 6) is -0.265. The van der Waals surface area contributed by atoms with Gasteiger partial charge in [-0.25, -0.2) is 0 Å². The standard InChI is InChI=1S/C16H15ClN2O4/c17-14-4-2-1-3-12(14)9-16(21)18-10-15(20)11-5-7-13(8-6-11)19(22)23/h1-8,15,20H,9-10H2,(H,18,21). The zero-order valence-electron chi connectivity index (χ0n) is 12.1. The van der Waals surface area contributed by atoms with Crippen LogP contribution in [0.3, 0.4) is 0 Å². The number of rotatable bonds is 6. The number of nitro benzene ring substituents is 1. The number of amides is 1. The van der Waals surface area contributed by atoms with E-state index in [9.17, 15) is 20.0 Å². The first-order valence-corrected chi connectivity index (χ1v) is 7.27. The lowest BCUT2D eigenvalue weighted by Gasteiger charge is -2.12. The molecule has 0 aromatic heterocycles. The lowest BCUT2D eigenvalue weighted by Crippen LogP contribution is -2.29. The molecule has 0 bridgehead atoms. The smallest absolute Gasteiger partial charge is 0.269 e. The third-order valence-electron chi connectivity index (χ3n) is 3.29. The van der Waals surface area contributed by atoms with Crippen molar-refractivity contribution >= 4 is 23.2 Å². The SMILES string of the molecule is O=C(Cc1ccccc1Cl)NCC(O)c1ccc([N+](=O)[O-])cc1. The van der Waals surface area contributed by atoms with Crippen LogP contribution >= 0.6 is 11.6 Å². The van der Waals surface area contributed by atoms with Crippen LogP contribution in [0.15, 0.2) is 48.5 Å². The first kappa shape index (κ1) is 16.9. The van der Waals surface area contributed by atoms with Gasteiger partial charge in [-0.2, -0.15) is 0 Å². The number of nitrogens with one attached hydrogen (secondary N) is 1. The molecule has 0 saturated carbocycles. The van der Waals surface area contributed by atoms with Crippen molar-refractivity contribution in [3.8, 4) is 0 Å². The van der Waals surface area contributed by atoms with Crippen LogP contribution in [0.2, 0.25) is 5.02 Å². The maximum atomic E-state index is 11.9. The molecule has 0 aliphatic rings. The van der Waals surface area contributed by atoms with Crippen LogP contribution < -0.4 is 5.32 Å². The number of benzene rings is 2. The summed E-state index contributed by atoms with van der Waals surface area (Å²) in [5.41, 5.74) is 1.15. The second-order valence-corrected chi connectivity index (χ2v) is 5.34. The third kappa shape index (κ3) is 4.77. The Kier molecular flexibility index (Phi) is 5.67. The van der Waals surface area contributed by atoms with Crippen LogP contribution in [0, 0.1) is 10.1 Å². The summed E-state index contributed by atoms with van der Waals surface area (Å²) in [6.07, 6.45) is -0.821. The van der Waals surface area contributed by atoms with E-state index in [0.29, 0.717) is 16.1 Å². The molecule has 0 aliphatic heterocycles. The normalized spacial score (nSPS) is 11.7. The van der Waals surface area contributed by atoms with Crippen molar-refractivity contribution < 1.29 is 14.8 Å². The lowest BCUT2D eigenvalue weighted by atomic mass is 10.1. The molecule has 1 amide bonds. The molecule has 2 N–H and O–H groups in total. The van der Waals surface area contributed by atoms with Gasteiger partial charge >= 0.3 is 0 Å². The predicted octanol–water partition coefficient (Wildman–Crippen LogP) is 2.64. The summed E-state index contributed by atoms with van der Waals surface area (Å²) in [4.78, 5) is 21.9. The van der Waals surface area contributed by atoms with E-state index in [2.05, 4.69) is 5.32 Å².